The normalized spacial score (nSPS) is 12.7. The molecule has 2 aromatic heterocycles. The van der Waals surface area contributed by atoms with Crippen molar-refractivity contribution in [3.63, 3.8) is 0 Å². The van der Waals surface area contributed by atoms with Crippen LogP contribution in [0.2, 0.25) is 0 Å². The van der Waals surface area contributed by atoms with Crippen molar-refractivity contribution in [3.8, 4) is 0 Å². The van der Waals surface area contributed by atoms with E-state index in [1.54, 1.807) is 6.20 Å². The third-order valence-corrected chi connectivity index (χ3v) is 2.61. The lowest BCUT2D eigenvalue weighted by atomic mass is 10.1. The van der Waals surface area contributed by atoms with Crippen molar-refractivity contribution in [2.45, 2.75) is 19.4 Å². The molecule has 0 aliphatic carbocycles. The number of aryl methyl sites for hydroxylation is 2. The molecule has 4 heteroatoms. The molecule has 84 valence electrons. The van der Waals surface area contributed by atoms with E-state index >= 15 is 0 Å². The Bertz CT molecular complexity index is 475. The number of hydrogen-bond donors (Lipinski definition) is 1. The lowest BCUT2D eigenvalue weighted by Gasteiger charge is -2.11. The molecule has 2 N–H and O–H groups in total. The summed E-state index contributed by atoms with van der Waals surface area (Å²) in [5.41, 5.74) is 8.02. The maximum absolute atomic E-state index is 6.11. The number of nitrogens with zero attached hydrogens (tertiary/aromatic N) is 3. The van der Waals surface area contributed by atoms with Crippen LogP contribution in [0.1, 0.15) is 23.3 Å². The number of rotatable bonds is 3. The van der Waals surface area contributed by atoms with E-state index in [-0.39, 0.29) is 6.04 Å². The van der Waals surface area contributed by atoms with Gasteiger partial charge in [-0.25, -0.2) is 4.98 Å². The summed E-state index contributed by atoms with van der Waals surface area (Å²) in [5, 5.41) is 0. The van der Waals surface area contributed by atoms with Crippen molar-refractivity contribution in [2.24, 2.45) is 12.8 Å². The third-order valence-electron chi connectivity index (χ3n) is 2.61. The van der Waals surface area contributed by atoms with Gasteiger partial charge in [0.05, 0.1) is 11.7 Å². The van der Waals surface area contributed by atoms with Crippen LogP contribution in [0.15, 0.2) is 30.6 Å². The van der Waals surface area contributed by atoms with Gasteiger partial charge in [0.1, 0.15) is 5.82 Å². The molecule has 2 rings (SSSR count). The minimum absolute atomic E-state index is 0.0963. The minimum Gasteiger partial charge on any atom is -0.338 e. The first kappa shape index (κ1) is 10.8. The zero-order chi connectivity index (χ0) is 11.5. The average Bonchev–Trinajstić information content (AvgIpc) is 2.64. The highest BCUT2D eigenvalue weighted by Crippen LogP contribution is 2.12. The number of hydrogen-bond acceptors (Lipinski definition) is 3. The van der Waals surface area contributed by atoms with Crippen molar-refractivity contribution >= 4 is 0 Å². The van der Waals surface area contributed by atoms with Gasteiger partial charge in [-0.2, -0.15) is 0 Å². The molecule has 4 nitrogen and oxygen atoms in total. The van der Waals surface area contributed by atoms with Crippen LogP contribution in [0.3, 0.4) is 0 Å². The van der Waals surface area contributed by atoms with Gasteiger partial charge >= 0.3 is 0 Å². The van der Waals surface area contributed by atoms with E-state index in [0.717, 1.165) is 17.2 Å². The SMILES string of the molecule is Cc1cccc(C(N)Cc2nccn2C)n1. The van der Waals surface area contributed by atoms with E-state index in [1.165, 1.54) is 0 Å². The summed E-state index contributed by atoms with van der Waals surface area (Å²) in [7, 11) is 1.97. The van der Waals surface area contributed by atoms with E-state index in [2.05, 4.69) is 9.97 Å². The van der Waals surface area contributed by atoms with Crippen LogP contribution in [0, 0.1) is 6.92 Å². The number of nitrogens with two attached hydrogens (primary N) is 1. The Balaban J connectivity index is 2.14. The second-order valence-corrected chi connectivity index (χ2v) is 3.97. The smallest absolute Gasteiger partial charge is 0.110 e. The molecule has 0 spiro atoms. The van der Waals surface area contributed by atoms with Crippen molar-refractivity contribution < 1.29 is 0 Å². The summed E-state index contributed by atoms with van der Waals surface area (Å²) in [4.78, 5) is 8.68. The molecule has 0 aliphatic rings. The highest BCUT2D eigenvalue weighted by atomic mass is 15.0. The second kappa shape index (κ2) is 4.45. The molecule has 0 saturated carbocycles. The Morgan fingerprint density at radius 3 is 2.88 bits per heavy atom. The molecule has 0 amide bonds. The fraction of sp³-hybridized carbons (Fsp3) is 0.333. The zero-order valence-electron chi connectivity index (χ0n) is 9.59. The molecule has 2 aromatic rings. The van der Waals surface area contributed by atoms with Gasteiger partial charge in [0, 0.05) is 31.6 Å². The largest absolute Gasteiger partial charge is 0.338 e. The second-order valence-electron chi connectivity index (χ2n) is 3.97. The summed E-state index contributed by atoms with van der Waals surface area (Å²) in [6.07, 6.45) is 4.41. The Hall–Kier alpha value is -1.68. The van der Waals surface area contributed by atoms with E-state index in [4.69, 9.17) is 5.73 Å². The van der Waals surface area contributed by atoms with Crippen molar-refractivity contribution in [2.75, 3.05) is 0 Å². The van der Waals surface area contributed by atoms with E-state index in [0.29, 0.717) is 6.42 Å². The predicted octanol–water partition coefficient (Wildman–Crippen LogP) is 1.37. The first-order chi connectivity index (χ1) is 7.66. The Labute approximate surface area is 95.1 Å². The molecule has 0 aromatic carbocycles. The lowest BCUT2D eigenvalue weighted by molar-refractivity contribution is 0.642. The predicted molar refractivity (Wildman–Crippen MR) is 62.8 cm³/mol. The van der Waals surface area contributed by atoms with Gasteiger partial charge < -0.3 is 10.3 Å². The van der Waals surface area contributed by atoms with Crippen LogP contribution in [0.5, 0.6) is 0 Å². The molecule has 16 heavy (non-hydrogen) atoms. The summed E-state index contributed by atoms with van der Waals surface area (Å²) >= 11 is 0. The van der Waals surface area contributed by atoms with Gasteiger partial charge in [0.2, 0.25) is 0 Å². The quantitative estimate of drug-likeness (QED) is 0.843. The molecule has 0 radical (unpaired) electrons. The molecule has 1 atom stereocenters. The topological polar surface area (TPSA) is 56.7 Å². The monoisotopic (exact) mass is 216 g/mol. The Morgan fingerprint density at radius 1 is 1.44 bits per heavy atom. The number of pyridine rings is 1. The van der Waals surface area contributed by atoms with Gasteiger partial charge in [-0.3, -0.25) is 4.98 Å². The average molecular weight is 216 g/mol. The minimum atomic E-state index is -0.0963. The van der Waals surface area contributed by atoms with Crippen molar-refractivity contribution in [3.05, 3.63) is 47.8 Å². The van der Waals surface area contributed by atoms with Crippen LogP contribution >= 0.6 is 0 Å². The number of imidazole rings is 1. The first-order valence-corrected chi connectivity index (χ1v) is 5.32. The summed E-state index contributed by atoms with van der Waals surface area (Å²) in [6.45, 7) is 1.97. The fourth-order valence-corrected chi connectivity index (χ4v) is 1.67. The zero-order valence-corrected chi connectivity index (χ0v) is 9.59. The van der Waals surface area contributed by atoms with Gasteiger partial charge in [-0.1, -0.05) is 6.07 Å². The molecule has 0 fully saturated rings. The standard InChI is InChI=1S/C12H16N4/c1-9-4-3-5-11(15-9)10(13)8-12-14-6-7-16(12)2/h3-7,10H,8,13H2,1-2H3. The summed E-state index contributed by atoms with van der Waals surface area (Å²) < 4.78 is 1.98. The van der Waals surface area contributed by atoms with Crippen LogP contribution in [0.4, 0.5) is 0 Å². The summed E-state index contributed by atoms with van der Waals surface area (Å²) in [5.74, 6) is 0.982. The van der Waals surface area contributed by atoms with Crippen LogP contribution < -0.4 is 5.73 Å². The first-order valence-electron chi connectivity index (χ1n) is 5.32. The molecule has 0 aliphatic heterocycles. The van der Waals surface area contributed by atoms with Gasteiger partial charge in [-0.05, 0) is 19.1 Å². The molecule has 1 unspecified atom stereocenters. The Kier molecular flexibility index (Phi) is 3.01. The molecule has 0 saturated heterocycles. The van der Waals surface area contributed by atoms with E-state index in [1.807, 2.05) is 42.9 Å². The van der Waals surface area contributed by atoms with Crippen LogP contribution in [0.25, 0.3) is 0 Å². The van der Waals surface area contributed by atoms with E-state index in [9.17, 15) is 0 Å². The molecular formula is C12H16N4. The molecule has 0 bridgehead atoms. The van der Waals surface area contributed by atoms with Gasteiger partial charge in [-0.15, -0.1) is 0 Å². The van der Waals surface area contributed by atoms with Crippen LogP contribution in [-0.4, -0.2) is 14.5 Å². The molecule has 2 heterocycles. The highest BCUT2D eigenvalue weighted by Gasteiger charge is 2.11. The Morgan fingerprint density at radius 2 is 2.25 bits per heavy atom. The lowest BCUT2D eigenvalue weighted by Crippen LogP contribution is -2.17. The maximum Gasteiger partial charge on any atom is 0.110 e. The maximum atomic E-state index is 6.11. The van der Waals surface area contributed by atoms with Crippen LogP contribution in [-0.2, 0) is 13.5 Å². The van der Waals surface area contributed by atoms with Crippen molar-refractivity contribution in [1.29, 1.82) is 0 Å². The third kappa shape index (κ3) is 2.28. The highest BCUT2D eigenvalue weighted by molar-refractivity contribution is 5.14. The fourth-order valence-electron chi connectivity index (χ4n) is 1.67. The number of aromatic nitrogens is 3. The van der Waals surface area contributed by atoms with Gasteiger partial charge in [0.15, 0.2) is 0 Å². The van der Waals surface area contributed by atoms with Gasteiger partial charge in [0.25, 0.3) is 0 Å². The van der Waals surface area contributed by atoms with E-state index < -0.39 is 0 Å². The summed E-state index contributed by atoms with van der Waals surface area (Å²) in [6, 6.07) is 5.81. The van der Waals surface area contributed by atoms with Crippen molar-refractivity contribution in [1.82, 2.24) is 14.5 Å². The molecular weight excluding hydrogens is 200 g/mol.